The second-order valence-corrected chi connectivity index (χ2v) is 11.9. The van der Waals surface area contributed by atoms with Gasteiger partial charge in [0.15, 0.2) is 17.7 Å². The van der Waals surface area contributed by atoms with Gasteiger partial charge in [-0.2, -0.15) is 0 Å². The largest absolute Gasteiger partial charge is 0.477 e. The highest BCUT2D eigenvalue weighted by Crippen LogP contribution is 2.49. The summed E-state index contributed by atoms with van der Waals surface area (Å²) in [5.74, 6) is -9.68. The zero-order chi connectivity index (χ0) is 31.2. The van der Waals surface area contributed by atoms with Crippen LogP contribution in [0.2, 0.25) is 0 Å². The van der Waals surface area contributed by atoms with Gasteiger partial charge in [0.05, 0.1) is 35.0 Å². The summed E-state index contributed by atoms with van der Waals surface area (Å²) in [6.07, 6.45) is 0.301. The van der Waals surface area contributed by atoms with E-state index in [-0.39, 0.29) is 30.4 Å². The SMILES string of the molecule is CC(O)[C@H]1C(=O)N2C(C(=O)O)=C(COC(=O)C3C(=O)C(=O)c4c(N)c(F)c(N5CCC(N)C5)c(F)c4N3C3CC3)[C@H](C)[C@H]12. The van der Waals surface area contributed by atoms with Crippen LogP contribution in [-0.2, 0) is 23.9 Å². The summed E-state index contributed by atoms with van der Waals surface area (Å²) in [5.41, 5.74) is 9.29. The van der Waals surface area contributed by atoms with E-state index in [4.69, 9.17) is 16.2 Å². The maximum absolute atomic E-state index is 16.2. The van der Waals surface area contributed by atoms with Crippen LogP contribution >= 0.6 is 0 Å². The number of carbonyl (C=O) groups excluding carboxylic acids is 4. The molecule has 43 heavy (non-hydrogen) atoms. The average Bonchev–Trinajstić information content (AvgIpc) is 3.64. The Labute approximate surface area is 244 Å². The number of halogens is 2. The molecule has 230 valence electrons. The number of fused-ring (bicyclic) bond motifs is 2. The summed E-state index contributed by atoms with van der Waals surface area (Å²) in [6, 6.07) is -3.48. The second-order valence-electron chi connectivity index (χ2n) is 11.9. The van der Waals surface area contributed by atoms with Gasteiger partial charge in [0.25, 0.3) is 0 Å². The number of hydrogen-bond acceptors (Lipinski definition) is 11. The number of nitrogen functional groups attached to an aromatic ring is 1. The molecule has 2 saturated heterocycles. The van der Waals surface area contributed by atoms with Gasteiger partial charge in [-0.1, -0.05) is 6.92 Å². The molecule has 6 rings (SSSR count). The number of β-lactam (4-membered cyclic amide) rings is 1. The second kappa shape index (κ2) is 9.98. The van der Waals surface area contributed by atoms with E-state index in [0.717, 1.165) is 9.80 Å². The molecule has 1 aromatic carbocycles. The van der Waals surface area contributed by atoms with E-state index < -0.39 is 106 Å². The molecule has 3 fully saturated rings. The molecule has 3 unspecified atom stereocenters. The monoisotopic (exact) mass is 603 g/mol. The van der Waals surface area contributed by atoms with Crippen molar-refractivity contribution in [2.45, 2.75) is 63.4 Å². The Morgan fingerprint density at radius 1 is 1.12 bits per heavy atom. The molecule has 5 aliphatic rings. The fourth-order valence-corrected chi connectivity index (χ4v) is 6.96. The third-order valence-corrected chi connectivity index (χ3v) is 9.19. The van der Waals surface area contributed by atoms with Crippen LogP contribution in [0.4, 0.5) is 25.8 Å². The van der Waals surface area contributed by atoms with Gasteiger partial charge >= 0.3 is 11.9 Å². The Morgan fingerprint density at radius 3 is 2.35 bits per heavy atom. The molecular weight excluding hydrogens is 572 g/mol. The Balaban J connectivity index is 1.34. The highest BCUT2D eigenvalue weighted by atomic mass is 19.1. The van der Waals surface area contributed by atoms with Crippen LogP contribution in [0, 0.1) is 23.5 Å². The number of ether oxygens (including phenoxy) is 1. The molecule has 4 heterocycles. The van der Waals surface area contributed by atoms with Gasteiger partial charge in [0, 0.05) is 36.7 Å². The Morgan fingerprint density at radius 2 is 1.79 bits per heavy atom. The molecule has 15 heteroatoms. The summed E-state index contributed by atoms with van der Waals surface area (Å²) >= 11 is 0. The highest BCUT2D eigenvalue weighted by molar-refractivity contribution is 6.52. The Kier molecular flexibility index (Phi) is 6.73. The number of nitrogens with two attached hydrogens (primary N) is 2. The van der Waals surface area contributed by atoms with Crippen molar-refractivity contribution in [2.24, 2.45) is 17.6 Å². The summed E-state index contributed by atoms with van der Waals surface area (Å²) in [7, 11) is 0. The summed E-state index contributed by atoms with van der Waals surface area (Å²) < 4.78 is 37.1. The standard InChI is InChI=1S/C28H31F2N5O8/c1-9-13(20(27(40)41)35-19(9)14(10(2)36)26(35)39)8-43-28(42)23-25(38)24(37)15-18(32)16(29)22(33-6-5-11(31)7-33)17(30)21(15)34(23)12-3-4-12/h9-12,14,19,23,36H,3-8,31-32H2,1-2H3,(H,40,41)/t9-,10?,11?,14+,19+,23?/m0/s1. The maximum Gasteiger partial charge on any atom is 0.352 e. The lowest BCUT2D eigenvalue weighted by atomic mass is 9.78. The van der Waals surface area contributed by atoms with Gasteiger partial charge in [0.1, 0.15) is 18.0 Å². The van der Waals surface area contributed by atoms with E-state index >= 15 is 8.78 Å². The third kappa shape index (κ3) is 4.12. The van der Waals surface area contributed by atoms with E-state index in [1.54, 1.807) is 6.92 Å². The van der Waals surface area contributed by atoms with Crippen molar-refractivity contribution in [1.29, 1.82) is 0 Å². The van der Waals surface area contributed by atoms with E-state index in [1.807, 2.05) is 0 Å². The predicted molar refractivity (Wildman–Crippen MR) is 145 cm³/mol. The fraction of sp³-hybridized carbons (Fsp3) is 0.536. The zero-order valence-corrected chi connectivity index (χ0v) is 23.4. The van der Waals surface area contributed by atoms with Crippen molar-refractivity contribution in [3.8, 4) is 0 Å². The fourth-order valence-electron chi connectivity index (χ4n) is 6.96. The Bertz CT molecular complexity index is 1520. The highest BCUT2D eigenvalue weighted by Gasteiger charge is 2.60. The van der Waals surface area contributed by atoms with Crippen LogP contribution in [0.25, 0.3) is 0 Å². The molecule has 13 nitrogen and oxygen atoms in total. The summed E-state index contributed by atoms with van der Waals surface area (Å²) in [6.45, 7) is 2.76. The number of ketones is 2. The molecular formula is C28H31F2N5O8. The number of aliphatic carboxylic acids is 1. The number of Topliss-reactive ketones (excluding diaryl/α,β-unsaturated/α-hetero) is 2. The zero-order valence-electron chi connectivity index (χ0n) is 23.4. The number of amides is 1. The van der Waals surface area contributed by atoms with Crippen LogP contribution in [0.15, 0.2) is 11.3 Å². The van der Waals surface area contributed by atoms with Gasteiger partial charge < -0.3 is 41.1 Å². The molecule has 1 saturated carbocycles. The number of carbonyl (C=O) groups is 5. The number of carboxylic acid groups (broad SMARTS) is 1. The number of carboxylic acids is 1. The molecule has 0 spiro atoms. The lowest BCUT2D eigenvalue weighted by Crippen LogP contribution is -2.63. The number of aliphatic hydroxyl groups is 1. The molecule has 0 aromatic heterocycles. The number of benzene rings is 1. The van der Waals surface area contributed by atoms with Crippen LogP contribution in [0.3, 0.4) is 0 Å². The topological polar surface area (TPSA) is 197 Å². The Hall–Kier alpha value is -4.11. The minimum Gasteiger partial charge on any atom is -0.477 e. The summed E-state index contributed by atoms with van der Waals surface area (Å²) in [4.78, 5) is 68.3. The number of anilines is 3. The van der Waals surface area contributed by atoms with E-state index in [1.165, 1.54) is 11.8 Å². The van der Waals surface area contributed by atoms with Gasteiger partial charge in [-0.15, -0.1) is 0 Å². The van der Waals surface area contributed by atoms with Gasteiger partial charge in [0.2, 0.25) is 17.5 Å². The van der Waals surface area contributed by atoms with Crippen molar-refractivity contribution >= 4 is 46.5 Å². The van der Waals surface area contributed by atoms with Gasteiger partial charge in [-0.25, -0.2) is 18.4 Å². The normalized spacial score (nSPS) is 29.1. The van der Waals surface area contributed by atoms with Crippen molar-refractivity contribution in [1.82, 2.24) is 4.90 Å². The average molecular weight is 604 g/mol. The van der Waals surface area contributed by atoms with Crippen LogP contribution in [0.1, 0.15) is 43.5 Å². The first-order valence-corrected chi connectivity index (χ1v) is 14.1. The molecule has 6 N–H and O–H groups in total. The minimum absolute atomic E-state index is 0.0838. The molecule has 1 amide bonds. The third-order valence-electron chi connectivity index (χ3n) is 9.19. The van der Waals surface area contributed by atoms with Crippen LogP contribution in [-0.4, -0.2) is 94.5 Å². The maximum atomic E-state index is 16.2. The van der Waals surface area contributed by atoms with Crippen molar-refractivity contribution in [2.75, 3.05) is 35.2 Å². The first-order valence-electron chi connectivity index (χ1n) is 14.1. The first-order chi connectivity index (χ1) is 20.3. The van der Waals surface area contributed by atoms with Crippen molar-refractivity contribution in [3.05, 3.63) is 28.5 Å². The molecule has 6 atom stereocenters. The minimum atomic E-state index is -1.92. The van der Waals surface area contributed by atoms with Crippen LogP contribution in [0.5, 0.6) is 0 Å². The quantitative estimate of drug-likeness (QED) is 0.107. The first kappa shape index (κ1) is 29.0. The van der Waals surface area contributed by atoms with Gasteiger partial charge in [-0.3, -0.25) is 14.4 Å². The molecule has 1 aliphatic carbocycles. The van der Waals surface area contributed by atoms with E-state index in [2.05, 4.69) is 0 Å². The smallest absolute Gasteiger partial charge is 0.352 e. The number of esters is 1. The number of hydrogen-bond donors (Lipinski definition) is 4. The lowest BCUT2D eigenvalue weighted by molar-refractivity contribution is -0.163. The molecule has 0 radical (unpaired) electrons. The molecule has 4 aliphatic heterocycles. The molecule has 1 aromatic rings. The van der Waals surface area contributed by atoms with E-state index in [0.29, 0.717) is 19.3 Å². The van der Waals surface area contributed by atoms with Crippen molar-refractivity contribution in [3.63, 3.8) is 0 Å². The van der Waals surface area contributed by atoms with E-state index in [9.17, 15) is 34.2 Å². The molecule has 0 bridgehead atoms. The van der Waals surface area contributed by atoms with Crippen LogP contribution < -0.4 is 21.3 Å². The number of aliphatic hydroxyl groups excluding tert-OH is 1. The number of rotatable bonds is 7. The lowest BCUT2D eigenvalue weighted by Gasteiger charge is -2.46. The van der Waals surface area contributed by atoms with Crippen molar-refractivity contribution < 1.29 is 47.7 Å². The summed E-state index contributed by atoms with van der Waals surface area (Å²) in [5, 5.41) is 19.9. The predicted octanol–water partition coefficient (Wildman–Crippen LogP) is -0.0734. The van der Waals surface area contributed by atoms with Gasteiger partial charge in [-0.05, 0) is 26.2 Å². The number of nitrogens with zero attached hydrogens (tertiary/aromatic N) is 3.